The van der Waals surface area contributed by atoms with Crippen molar-refractivity contribution in [1.29, 1.82) is 0 Å². The summed E-state index contributed by atoms with van der Waals surface area (Å²) in [5.41, 5.74) is 1.91. The number of nitrogens with one attached hydrogen (secondary N) is 2. The third-order valence-corrected chi connectivity index (χ3v) is 5.29. The van der Waals surface area contributed by atoms with Crippen LogP contribution in [-0.4, -0.2) is 37.7 Å². The maximum atomic E-state index is 12.9. The number of hydrogen-bond acceptors (Lipinski definition) is 6. The van der Waals surface area contributed by atoms with Gasteiger partial charge in [0.15, 0.2) is 5.82 Å². The van der Waals surface area contributed by atoms with Crippen LogP contribution in [0.1, 0.15) is 36.8 Å². The number of rotatable bonds is 4. The minimum atomic E-state index is -0.428. The summed E-state index contributed by atoms with van der Waals surface area (Å²) in [5.74, 6) is -0.893. The summed E-state index contributed by atoms with van der Waals surface area (Å²) in [5, 5.41) is 13.2. The third-order valence-electron chi connectivity index (χ3n) is 5.29. The van der Waals surface area contributed by atoms with Crippen LogP contribution in [0.25, 0.3) is 5.82 Å². The highest BCUT2D eigenvalue weighted by Gasteiger charge is 2.36. The molecule has 0 atom stereocenters. The molecule has 0 bridgehead atoms. The van der Waals surface area contributed by atoms with Gasteiger partial charge in [-0.2, -0.15) is 10.2 Å². The molecule has 0 fully saturated rings. The van der Waals surface area contributed by atoms with Crippen LogP contribution in [0.4, 0.5) is 11.4 Å². The van der Waals surface area contributed by atoms with E-state index >= 15 is 0 Å². The summed E-state index contributed by atoms with van der Waals surface area (Å²) in [4.78, 5) is 50.7. The van der Waals surface area contributed by atoms with Gasteiger partial charge in [0.1, 0.15) is 0 Å². The molecular formula is C23H16N6O4. The molecule has 0 saturated heterocycles. The third kappa shape index (κ3) is 3.39. The van der Waals surface area contributed by atoms with E-state index in [1.54, 1.807) is 55.5 Å². The molecule has 0 radical (unpaired) electrons. The van der Waals surface area contributed by atoms with Gasteiger partial charge < -0.3 is 5.32 Å². The number of imide groups is 1. The second-order valence-electron chi connectivity index (χ2n) is 7.33. The highest BCUT2D eigenvalue weighted by Crippen LogP contribution is 2.30. The number of H-pyrrole nitrogens is 1. The molecule has 10 heteroatoms. The first kappa shape index (κ1) is 20.1. The number of nitrogens with zero attached hydrogens (tertiary/aromatic N) is 4. The molecule has 2 aromatic heterocycles. The fraction of sp³-hybridized carbons (Fsp3) is 0.0435. The van der Waals surface area contributed by atoms with E-state index in [0.29, 0.717) is 39.6 Å². The Kier molecular flexibility index (Phi) is 4.67. The Morgan fingerprint density at radius 2 is 1.67 bits per heavy atom. The van der Waals surface area contributed by atoms with Crippen molar-refractivity contribution in [2.45, 2.75) is 6.92 Å². The fourth-order valence-corrected chi connectivity index (χ4v) is 3.66. The lowest BCUT2D eigenvalue weighted by atomic mass is 10.1. The summed E-state index contributed by atoms with van der Waals surface area (Å²) in [6.45, 7) is 1.70. The summed E-state index contributed by atoms with van der Waals surface area (Å²) in [7, 11) is 0. The van der Waals surface area contributed by atoms with Gasteiger partial charge in [-0.05, 0) is 43.3 Å². The van der Waals surface area contributed by atoms with Gasteiger partial charge in [0.2, 0.25) is 0 Å². The second kappa shape index (κ2) is 7.68. The van der Waals surface area contributed by atoms with E-state index in [2.05, 4.69) is 20.6 Å². The quantitative estimate of drug-likeness (QED) is 0.469. The van der Waals surface area contributed by atoms with Crippen LogP contribution >= 0.6 is 0 Å². The van der Waals surface area contributed by atoms with Gasteiger partial charge in [-0.1, -0.05) is 18.2 Å². The lowest BCUT2D eigenvalue weighted by Gasteiger charge is -2.15. The largest absolute Gasteiger partial charge is 0.322 e. The highest BCUT2D eigenvalue weighted by atomic mass is 16.2. The number of aromatic nitrogens is 4. The predicted molar refractivity (Wildman–Crippen MR) is 119 cm³/mol. The monoisotopic (exact) mass is 440 g/mol. The average Bonchev–Trinajstić information content (AvgIpc) is 3.32. The minimum Gasteiger partial charge on any atom is -0.322 e. The second-order valence-corrected chi connectivity index (χ2v) is 7.33. The number of fused-ring (bicyclic) bond motifs is 1. The Balaban J connectivity index is 1.40. The van der Waals surface area contributed by atoms with E-state index in [0.717, 1.165) is 4.90 Å². The van der Waals surface area contributed by atoms with Crippen LogP contribution in [0.3, 0.4) is 0 Å². The van der Waals surface area contributed by atoms with Gasteiger partial charge in [-0.3, -0.25) is 19.2 Å². The lowest BCUT2D eigenvalue weighted by Crippen LogP contribution is -2.29. The van der Waals surface area contributed by atoms with E-state index in [-0.39, 0.29) is 5.56 Å². The Bertz CT molecular complexity index is 1450. The lowest BCUT2D eigenvalue weighted by molar-refractivity contribution is 0.0925. The van der Waals surface area contributed by atoms with E-state index in [9.17, 15) is 19.2 Å². The molecule has 162 valence electrons. The maximum Gasteiger partial charge on any atom is 0.266 e. The first-order valence-electron chi connectivity index (χ1n) is 9.94. The summed E-state index contributed by atoms with van der Waals surface area (Å²) in [6, 6.07) is 15.9. The van der Waals surface area contributed by atoms with E-state index < -0.39 is 17.7 Å². The zero-order chi connectivity index (χ0) is 23.1. The average molecular weight is 440 g/mol. The van der Waals surface area contributed by atoms with Gasteiger partial charge in [-0.25, -0.2) is 14.7 Å². The van der Waals surface area contributed by atoms with E-state index in [4.69, 9.17) is 0 Å². The molecule has 0 spiro atoms. The zero-order valence-electron chi connectivity index (χ0n) is 17.3. The Morgan fingerprint density at radius 1 is 0.939 bits per heavy atom. The molecule has 3 heterocycles. The van der Waals surface area contributed by atoms with Gasteiger partial charge in [0.25, 0.3) is 23.3 Å². The minimum absolute atomic E-state index is 0.300. The van der Waals surface area contributed by atoms with Crippen LogP contribution in [0, 0.1) is 6.92 Å². The maximum absolute atomic E-state index is 12.9. The smallest absolute Gasteiger partial charge is 0.266 e. The van der Waals surface area contributed by atoms with Gasteiger partial charge in [0.05, 0.1) is 34.3 Å². The van der Waals surface area contributed by atoms with Crippen molar-refractivity contribution in [3.63, 3.8) is 0 Å². The molecular weight excluding hydrogens is 424 g/mol. The van der Waals surface area contributed by atoms with Crippen molar-refractivity contribution < 1.29 is 14.4 Å². The van der Waals surface area contributed by atoms with Crippen molar-refractivity contribution in [3.8, 4) is 5.82 Å². The molecule has 0 unspecified atom stereocenters. The number of benzene rings is 2. The molecule has 2 N–H and O–H groups in total. The van der Waals surface area contributed by atoms with Gasteiger partial charge >= 0.3 is 0 Å². The van der Waals surface area contributed by atoms with Crippen molar-refractivity contribution in [2.75, 3.05) is 10.2 Å². The van der Waals surface area contributed by atoms with Crippen molar-refractivity contribution in [3.05, 3.63) is 99.6 Å². The van der Waals surface area contributed by atoms with Crippen LogP contribution in [0.5, 0.6) is 0 Å². The first-order valence-corrected chi connectivity index (χ1v) is 9.94. The number of anilines is 2. The van der Waals surface area contributed by atoms with Crippen LogP contribution in [-0.2, 0) is 0 Å². The SMILES string of the molecule is Cc1c(C(=O)Nc2cccc(N3C(=O)c4ccccc4C3=O)c2)cnn1-c1ccc(=O)[nH]n1. The van der Waals surface area contributed by atoms with Crippen LogP contribution < -0.4 is 15.8 Å². The molecule has 2 aromatic carbocycles. The molecule has 10 nitrogen and oxygen atoms in total. The van der Waals surface area contributed by atoms with E-state index in [1.807, 2.05) is 0 Å². The highest BCUT2D eigenvalue weighted by molar-refractivity contribution is 6.34. The number of amides is 3. The summed E-state index contributed by atoms with van der Waals surface area (Å²) in [6.07, 6.45) is 1.39. The standard InChI is InChI=1S/C23H16N6O4/c1-13-18(12-24-29(13)19-9-10-20(30)27-26-19)21(31)25-14-5-4-6-15(11-14)28-22(32)16-7-2-3-8-17(16)23(28)33/h2-12H,1H3,(H,25,31)(H,27,30). The molecule has 0 aliphatic carbocycles. The summed E-state index contributed by atoms with van der Waals surface area (Å²) >= 11 is 0. The molecule has 5 rings (SSSR count). The molecule has 3 amide bonds. The fourth-order valence-electron chi connectivity index (χ4n) is 3.66. The number of aromatic amines is 1. The molecule has 1 aliphatic rings. The topological polar surface area (TPSA) is 130 Å². The Morgan fingerprint density at radius 3 is 2.33 bits per heavy atom. The normalized spacial score (nSPS) is 12.7. The van der Waals surface area contributed by atoms with Crippen molar-refractivity contribution in [1.82, 2.24) is 20.0 Å². The van der Waals surface area contributed by atoms with Crippen molar-refractivity contribution >= 4 is 29.1 Å². The molecule has 1 aliphatic heterocycles. The number of carbonyl (C=O) groups excluding carboxylic acids is 3. The molecule has 0 saturated carbocycles. The number of carbonyl (C=O) groups is 3. The van der Waals surface area contributed by atoms with E-state index in [1.165, 1.54) is 23.0 Å². The molecule has 33 heavy (non-hydrogen) atoms. The first-order chi connectivity index (χ1) is 15.9. The zero-order valence-corrected chi connectivity index (χ0v) is 17.3. The number of hydrogen-bond donors (Lipinski definition) is 2. The van der Waals surface area contributed by atoms with Gasteiger partial charge in [-0.15, -0.1) is 0 Å². The predicted octanol–water partition coefficient (Wildman–Crippen LogP) is 2.32. The van der Waals surface area contributed by atoms with Crippen LogP contribution in [0.2, 0.25) is 0 Å². The Labute approximate surface area is 186 Å². The summed E-state index contributed by atoms with van der Waals surface area (Å²) < 4.78 is 1.43. The van der Waals surface area contributed by atoms with Crippen molar-refractivity contribution in [2.24, 2.45) is 0 Å². The van der Waals surface area contributed by atoms with Crippen LogP contribution in [0.15, 0.2) is 71.7 Å². The van der Waals surface area contributed by atoms with Gasteiger partial charge in [0, 0.05) is 11.8 Å². The Hall–Kier alpha value is -4.86. The molecule has 4 aromatic rings.